The zero-order valence-electron chi connectivity index (χ0n) is 17.0. The molecule has 0 aliphatic heterocycles. The van der Waals surface area contributed by atoms with Gasteiger partial charge < -0.3 is 12.4 Å². The molecule has 4 rings (SSSR count). The van der Waals surface area contributed by atoms with Crippen molar-refractivity contribution in [1.82, 2.24) is 0 Å². The zero-order chi connectivity index (χ0) is 21.7. The summed E-state index contributed by atoms with van der Waals surface area (Å²) in [6, 6.07) is 35.5. The summed E-state index contributed by atoms with van der Waals surface area (Å²) in [7, 11) is -3.09. The zero-order valence-corrected chi connectivity index (χ0v) is 18.6. The number of alkyl halides is 3. The molecule has 0 amide bonds. The highest BCUT2D eigenvalue weighted by Gasteiger charge is 2.56. The normalized spacial score (nSPS) is 12.6. The number of halogens is 4. The molecule has 0 saturated carbocycles. The van der Waals surface area contributed by atoms with E-state index in [-0.39, 0.29) is 18.0 Å². The molecule has 6 heteroatoms. The lowest BCUT2D eigenvalue weighted by Crippen LogP contribution is -3.00. The first-order valence-corrected chi connectivity index (χ1v) is 11.6. The van der Waals surface area contributed by atoms with Gasteiger partial charge >= 0.3 is 6.18 Å². The molecular formula is C26H21ClF3OP. The van der Waals surface area contributed by atoms with Gasteiger partial charge in [0.25, 0.3) is 0 Å². The molecule has 1 nitrogen and oxygen atoms in total. The minimum Gasteiger partial charge on any atom is -1.00 e. The largest absolute Gasteiger partial charge is 1.00 e. The van der Waals surface area contributed by atoms with Gasteiger partial charge in [-0.05, 0) is 42.0 Å². The van der Waals surface area contributed by atoms with Crippen LogP contribution < -0.4 is 28.3 Å². The summed E-state index contributed by atoms with van der Waals surface area (Å²) in [4.78, 5) is 0. The lowest BCUT2D eigenvalue weighted by Gasteiger charge is -2.30. The van der Waals surface area contributed by atoms with Crippen LogP contribution in [0.1, 0.15) is 11.7 Å². The fraction of sp³-hybridized carbons (Fsp3) is 0.0769. The van der Waals surface area contributed by atoms with E-state index in [1.807, 2.05) is 91.0 Å². The first kappa shape index (κ1) is 24.0. The highest BCUT2D eigenvalue weighted by molar-refractivity contribution is 7.91. The topological polar surface area (TPSA) is 9.23 Å². The van der Waals surface area contributed by atoms with Crippen LogP contribution in [-0.2, 0) is 4.52 Å². The molecule has 0 N–H and O–H groups in total. The summed E-state index contributed by atoms with van der Waals surface area (Å²) in [5.74, 6) is 0. The Bertz CT molecular complexity index is 995. The molecule has 0 bridgehead atoms. The quantitative estimate of drug-likeness (QED) is 0.392. The van der Waals surface area contributed by atoms with E-state index in [1.165, 1.54) is 12.1 Å². The van der Waals surface area contributed by atoms with E-state index in [1.54, 1.807) is 18.2 Å². The highest BCUT2D eigenvalue weighted by atomic mass is 35.5. The Balaban J connectivity index is 0.00000289. The fourth-order valence-electron chi connectivity index (χ4n) is 3.64. The predicted octanol–water partition coefficient (Wildman–Crippen LogP) is 3.22. The maximum absolute atomic E-state index is 14.4. The molecule has 0 fully saturated rings. The van der Waals surface area contributed by atoms with E-state index in [9.17, 15) is 13.2 Å². The molecule has 1 atom stereocenters. The van der Waals surface area contributed by atoms with E-state index in [0.29, 0.717) is 0 Å². The van der Waals surface area contributed by atoms with Crippen LogP contribution in [0.15, 0.2) is 121 Å². The predicted molar refractivity (Wildman–Crippen MR) is 121 cm³/mol. The van der Waals surface area contributed by atoms with Gasteiger partial charge in [-0.2, -0.15) is 13.2 Å². The van der Waals surface area contributed by atoms with Gasteiger partial charge in [-0.3, -0.25) is 0 Å². The third-order valence-corrected chi connectivity index (χ3v) is 8.63. The smallest absolute Gasteiger partial charge is 0.423 e. The van der Waals surface area contributed by atoms with Crippen LogP contribution in [0.2, 0.25) is 0 Å². The maximum atomic E-state index is 14.4. The van der Waals surface area contributed by atoms with Crippen LogP contribution >= 0.6 is 7.49 Å². The van der Waals surface area contributed by atoms with Crippen molar-refractivity contribution >= 4 is 23.4 Å². The van der Waals surface area contributed by atoms with Crippen LogP contribution in [0.25, 0.3) is 0 Å². The average molecular weight is 473 g/mol. The summed E-state index contributed by atoms with van der Waals surface area (Å²) < 4.78 is 49.5. The van der Waals surface area contributed by atoms with Crippen molar-refractivity contribution in [2.75, 3.05) is 0 Å². The Labute approximate surface area is 192 Å². The van der Waals surface area contributed by atoms with Gasteiger partial charge in [-0.1, -0.05) is 84.9 Å². The van der Waals surface area contributed by atoms with Gasteiger partial charge in [-0.25, -0.2) is 4.52 Å². The third-order valence-electron chi connectivity index (χ3n) is 5.02. The second-order valence-corrected chi connectivity index (χ2v) is 10.0. The van der Waals surface area contributed by atoms with E-state index >= 15 is 0 Å². The van der Waals surface area contributed by atoms with Crippen molar-refractivity contribution < 1.29 is 30.1 Å². The van der Waals surface area contributed by atoms with Crippen molar-refractivity contribution in [2.45, 2.75) is 12.3 Å². The fourth-order valence-corrected chi connectivity index (χ4v) is 7.23. The van der Waals surface area contributed by atoms with Crippen molar-refractivity contribution in [3.8, 4) is 0 Å². The monoisotopic (exact) mass is 472 g/mol. The molecular weight excluding hydrogens is 452 g/mol. The van der Waals surface area contributed by atoms with Gasteiger partial charge in [-0.15, -0.1) is 0 Å². The lowest BCUT2D eigenvalue weighted by atomic mass is 10.1. The SMILES string of the molecule is FC(F)(F)[C@@H](O[P+](c1ccccc1)(c1ccccc1)c1ccccc1)c1ccccc1.[Cl-]. The summed E-state index contributed by atoms with van der Waals surface area (Å²) in [5.41, 5.74) is 0.0853. The van der Waals surface area contributed by atoms with Gasteiger partial charge in [0.1, 0.15) is 15.9 Å². The van der Waals surface area contributed by atoms with Crippen LogP contribution in [0.3, 0.4) is 0 Å². The van der Waals surface area contributed by atoms with Gasteiger partial charge in [0.05, 0.1) is 0 Å². The number of hydrogen-bond acceptors (Lipinski definition) is 1. The number of benzene rings is 4. The average Bonchev–Trinajstić information content (AvgIpc) is 2.81. The molecule has 0 aliphatic rings. The Hall–Kier alpha value is -2.65. The Morgan fingerprint density at radius 1 is 0.531 bits per heavy atom. The Morgan fingerprint density at radius 2 is 0.844 bits per heavy atom. The van der Waals surface area contributed by atoms with Gasteiger partial charge in [0.2, 0.25) is 13.6 Å². The van der Waals surface area contributed by atoms with Crippen molar-refractivity contribution in [2.24, 2.45) is 0 Å². The first-order valence-electron chi connectivity index (χ1n) is 9.88. The second-order valence-electron chi connectivity index (χ2n) is 7.05. The minimum absolute atomic E-state index is 0. The van der Waals surface area contributed by atoms with E-state index in [2.05, 4.69) is 0 Å². The summed E-state index contributed by atoms with van der Waals surface area (Å²) in [5, 5.41) is 2.20. The Morgan fingerprint density at radius 3 is 1.16 bits per heavy atom. The molecule has 0 radical (unpaired) electrons. The van der Waals surface area contributed by atoms with Crippen LogP contribution in [0.4, 0.5) is 13.2 Å². The van der Waals surface area contributed by atoms with E-state index < -0.39 is 19.8 Å². The van der Waals surface area contributed by atoms with E-state index in [4.69, 9.17) is 4.52 Å². The number of rotatable bonds is 6. The van der Waals surface area contributed by atoms with Crippen molar-refractivity contribution in [3.63, 3.8) is 0 Å². The third kappa shape index (κ3) is 4.88. The molecule has 0 saturated heterocycles. The van der Waals surface area contributed by atoms with Crippen LogP contribution in [0, 0.1) is 0 Å². The van der Waals surface area contributed by atoms with Gasteiger partial charge in [0.15, 0.2) is 0 Å². The molecule has 0 aliphatic carbocycles. The lowest BCUT2D eigenvalue weighted by molar-refractivity contribution is -0.196. The molecule has 4 aromatic rings. The standard InChI is InChI=1S/C26H21F3OP.ClH/c27-26(28,29)25(21-13-5-1-6-14-21)30-31(22-15-7-2-8-16-22,23-17-9-3-10-18-23)24-19-11-4-12-20-24;/h1-20,25H;1H/q+1;/p-1/t25-;/m0./s1. The summed E-state index contributed by atoms with van der Waals surface area (Å²) in [6.07, 6.45) is -6.65. The molecule has 32 heavy (non-hydrogen) atoms. The van der Waals surface area contributed by atoms with Crippen molar-refractivity contribution in [1.29, 1.82) is 0 Å². The molecule has 0 aromatic heterocycles. The minimum atomic E-state index is -4.58. The molecule has 0 heterocycles. The summed E-state index contributed by atoms with van der Waals surface area (Å²) >= 11 is 0. The molecule has 0 spiro atoms. The first-order chi connectivity index (χ1) is 15.0. The molecule has 164 valence electrons. The maximum Gasteiger partial charge on any atom is 0.423 e. The number of hydrogen-bond donors (Lipinski definition) is 0. The Kier molecular flexibility index (Phi) is 7.73. The molecule has 0 unspecified atom stereocenters. The highest BCUT2D eigenvalue weighted by Crippen LogP contribution is 2.61. The van der Waals surface area contributed by atoms with Crippen LogP contribution in [-0.4, -0.2) is 6.18 Å². The van der Waals surface area contributed by atoms with Gasteiger partial charge in [0, 0.05) is 0 Å². The van der Waals surface area contributed by atoms with Crippen LogP contribution in [0.5, 0.6) is 0 Å². The second kappa shape index (κ2) is 10.3. The van der Waals surface area contributed by atoms with E-state index in [0.717, 1.165) is 15.9 Å². The molecule has 4 aromatic carbocycles. The van der Waals surface area contributed by atoms with Crippen molar-refractivity contribution in [3.05, 3.63) is 127 Å². The summed E-state index contributed by atoms with van der Waals surface area (Å²) in [6.45, 7) is 0.